The third kappa shape index (κ3) is 3.98. The zero-order valence-electron chi connectivity index (χ0n) is 14.3. The molecule has 7 heteroatoms. The number of H-pyrrole nitrogens is 1. The summed E-state index contributed by atoms with van der Waals surface area (Å²) in [4.78, 5) is 40.6. The van der Waals surface area contributed by atoms with Gasteiger partial charge in [-0.1, -0.05) is 12.1 Å². The molecule has 0 spiro atoms. The second-order valence-corrected chi connectivity index (χ2v) is 6.35. The second kappa shape index (κ2) is 7.23. The number of pyridine rings is 1. The Morgan fingerprint density at radius 1 is 1.35 bits per heavy atom. The standard InChI is InChI=1S/C19H18N4O3/c1-23(11-13-4-2-3-12(7-13)9-20)19(26)16-8-14(10-21-18(16)25)17(24)22-15-5-6-15/h2-4,7-8,10,15H,5-6,11H2,1H3,(H,21,25)(H,22,24). The summed E-state index contributed by atoms with van der Waals surface area (Å²) in [7, 11) is 1.57. The van der Waals surface area contributed by atoms with Crippen LogP contribution in [0.15, 0.2) is 41.3 Å². The fourth-order valence-corrected chi connectivity index (χ4v) is 2.56. The molecule has 0 bridgehead atoms. The highest BCUT2D eigenvalue weighted by Gasteiger charge is 2.25. The van der Waals surface area contributed by atoms with E-state index in [0.717, 1.165) is 18.4 Å². The van der Waals surface area contributed by atoms with Crippen molar-refractivity contribution in [1.29, 1.82) is 5.26 Å². The van der Waals surface area contributed by atoms with E-state index in [1.807, 2.05) is 6.07 Å². The highest BCUT2D eigenvalue weighted by molar-refractivity contribution is 5.99. The maximum Gasteiger partial charge on any atom is 0.260 e. The first-order valence-electron chi connectivity index (χ1n) is 8.26. The number of nitriles is 1. The van der Waals surface area contributed by atoms with Crippen LogP contribution in [-0.2, 0) is 6.54 Å². The predicted octanol–water partition coefficient (Wildman–Crippen LogP) is 1.41. The Morgan fingerprint density at radius 3 is 2.81 bits per heavy atom. The topological polar surface area (TPSA) is 106 Å². The number of carbonyl (C=O) groups is 2. The minimum atomic E-state index is -0.546. The molecule has 2 amide bonds. The van der Waals surface area contributed by atoms with Gasteiger partial charge in [-0.15, -0.1) is 0 Å². The number of hydrogen-bond donors (Lipinski definition) is 2. The largest absolute Gasteiger partial charge is 0.349 e. The number of aromatic nitrogens is 1. The van der Waals surface area contributed by atoms with Crippen LogP contribution in [0.25, 0.3) is 0 Å². The van der Waals surface area contributed by atoms with Gasteiger partial charge in [0.1, 0.15) is 5.56 Å². The molecule has 1 fully saturated rings. The average molecular weight is 350 g/mol. The van der Waals surface area contributed by atoms with Gasteiger partial charge in [0.15, 0.2) is 0 Å². The molecule has 1 aliphatic carbocycles. The molecule has 1 heterocycles. The first-order chi connectivity index (χ1) is 12.5. The Hall–Kier alpha value is -3.40. The lowest BCUT2D eigenvalue weighted by Crippen LogP contribution is -2.33. The molecular formula is C19H18N4O3. The summed E-state index contributed by atoms with van der Waals surface area (Å²) >= 11 is 0. The lowest BCUT2D eigenvalue weighted by atomic mass is 10.1. The third-order valence-corrected chi connectivity index (χ3v) is 4.13. The van der Waals surface area contributed by atoms with E-state index < -0.39 is 11.5 Å². The summed E-state index contributed by atoms with van der Waals surface area (Å²) in [5.41, 5.74) is 0.890. The van der Waals surface area contributed by atoms with Gasteiger partial charge in [0.25, 0.3) is 17.4 Å². The van der Waals surface area contributed by atoms with Crippen molar-refractivity contribution in [3.05, 3.63) is 69.1 Å². The number of nitrogens with zero attached hydrogens (tertiary/aromatic N) is 2. The van der Waals surface area contributed by atoms with Gasteiger partial charge in [0.2, 0.25) is 0 Å². The quantitative estimate of drug-likeness (QED) is 0.850. The summed E-state index contributed by atoms with van der Waals surface area (Å²) in [5, 5.41) is 11.8. The van der Waals surface area contributed by atoms with Gasteiger partial charge in [-0.05, 0) is 36.6 Å². The summed E-state index contributed by atoms with van der Waals surface area (Å²) in [6, 6.07) is 10.5. The molecular weight excluding hydrogens is 332 g/mol. The van der Waals surface area contributed by atoms with Crippen molar-refractivity contribution < 1.29 is 9.59 Å². The van der Waals surface area contributed by atoms with Gasteiger partial charge >= 0.3 is 0 Å². The first kappa shape index (κ1) is 17.4. The zero-order valence-corrected chi connectivity index (χ0v) is 14.3. The maximum atomic E-state index is 12.6. The van der Waals surface area contributed by atoms with Gasteiger partial charge in [0, 0.05) is 25.8 Å². The molecule has 3 rings (SSSR count). The number of benzene rings is 1. The Kier molecular flexibility index (Phi) is 4.85. The van der Waals surface area contributed by atoms with Gasteiger partial charge in [-0.3, -0.25) is 14.4 Å². The van der Waals surface area contributed by atoms with Crippen molar-refractivity contribution in [3.63, 3.8) is 0 Å². The summed E-state index contributed by atoms with van der Waals surface area (Å²) in [6.45, 7) is 0.242. The fraction of sp³-hybridized carbons (Fsp3) is 0.263. The maximum absolute atomic E-state index is 12.6. The minimum absolute atomic E-state index is 0.0904. The van der Waals surface area contributed by atoms with Crippen molar-refractivity contribution in [3.8, 4) is 6.07 Å². The Bertz CT molecular complexity index is 954. The van der Waals surface area contributed by atoms with Crippen LogP contribution in [0.3, 0.4) is 0 Å². The number of nitrogens with one attached hydrogen (secondary N) is 2. The Labute approximate surface area is 150 Å². The molecule has 7 nitrogen and oxygen atoms in total. The van der Waals surface area contributed by atoms with E-state index >= 15 is 0 Å². The van der Waals surface area contributed by atoms with E-state index in [-0.39, 0.29) is 29.6 Å². The lowest BCUT2D eigenvalue weighted by molar-refractivity contribution is 0.0783. The summed E-state index contributed by atoms with van der Waals surface area (Å²) < 4.78 is 0. The highest BCUT2D eigenvalue weighted by atomic mass is 16.2. The Morgan fingerprint density at radius 2 is 2.12 bits per heavy atom. The van der Waals surface area contributed by atoms with E-state index in [9.17, 15) is 14.4 Å². The summed E-state index contributed by atoms with van der Waals surface area (Å²) in [6.07, 6.45) is 3.21. The number of amides is 2. The van der Waals surface area contributed by atoms with Gasteiger partial charge < -0.3 is 15.2 Å². The van der Waals surface area contributed by atoms with E-state index in [0.29, 0.717) is 5.56 Å². The van der Waals surface area contributed by atoms with E-state index in [2.05, 4.69) is 10.3 Å². The molecule has 2 aromatic rings. The number of aromatic amines is 1. The molecule has 1 aromatic heterocycles. The van der Waals surface area contributed by atoms with Crippen molar-refractivity contribution in [1.82, 2.24) is 15.2 Å². The lowest BCUT2D eigenvalue weighted by Gasteiger charge is -2.17. The molecule has 0 saturated heterocycles. The molecule has 0 aliphatic heterocycles. The van der Waals surface area contributed by atoms with Crippen LogP contribution in [-0.4, -0.2) is 34.8 Å². The number of carbonyl (C=O) groups excluding carboxylic acids is 2. The van der Waals surface area contributed by atoms with Crippen molar-refractivity contribution in [2.75, 3.05) is 7.05 Å². The van der Waals surface area contributed by atoms with Crippen LogP contribution in [0.1, 0.15) is 44.7 Å². The molecule has 1 aromatic carbocycles. The molecule has 26 heavy (non-hydrogen) atoms. The van der Waals surface area contributed by atoms with Crippen molar-refractivity contribution in [2.45, 2.75) is 25.4 Å². The van der Waals surface area contributed by atoms with Crippen LogP contribution in [0, 0.1) is 11.3 Å². The fourth-order valence-electron chi connectivity index (χ4n) is 2.56. The average Bonchev–Trinajstić information content (AvgIpc) is 3.45. The molecule has 1 saturated carbocycles. The number of rotatable bonds is 5. The Balaban J connectivity index is 1.78. The third-order valence-electron chi connectivity index (χ3n) is 4.13. The first-order valence-corrected chi connectivity index (χ1v) is 8.26. The molecule has 2 N–H and O–H groups in total. The second-order valence-electron chi connectivity index (χ2n) is 6.35. The van der Waals surface area contributed by atoms with Crippen molar-refractivity contribution >= 4 is 11.8 Å². The normalized spacial score (nSPS) is 12.9. The van der Waals surface area contributed by atoms with Gasteiger partial charge in [0.05, 0.1) is 17.2 Å². The van der Waals surface area contributed by atoms with Gasteiger partial charge in [-0.25, -0.2) is 0 Å². The molecule has 0 atom stereocenters. The van der Waals surface area contributed by atoms with Crippen LogP contribution < -0.4 is 10.9 Å². The zero-order chi connectivity index (χ0) is 18.7. The molecule has 132 valence electrons. The van der Waals surface area contributed by atoms with Crippen LogP contribution >= 0.6 is 0 Å². The smallest absolute Gasteiger partial charge is 0.260 e. The van der Waals surface area contributed by atoms with E-state index in [4.69, 9.17) is 5.26 Å². The van der Waals surface area contributed by atoms with E-state index in [1.54, 1.807) is 31.3 Å². The SMILES string of the molecule is CN(Cc1cccc(C#N)c1)C(=O)c1cc(C(=O)NC2CC2)c[nH]c1=O. The highest BCUT2D eigenvalue weighted by Crippen LogP contribution is 2.19. The van der Waals surface area contributed by atoms with Crippen molar-refractivity contribution in [2.24, 2.45) is 0 Å². The van der Waals surface area contributed by atoms with Crippen LogP contribution in [0.2, 0.25) is 0 Å². The van der Waals surface area contributed by atoms with Crippen LogP contribution in [0.5, 0.6) is 0 Å². The molecule has 1 aliphatic rings. The minimum Gasteiger partial charge on any atom is -0.349 e. The van der Waals surface area contributed by atoms with E-state index in [1.165, 1.54) is 17.2 Å². The van der Waals surface area contributed by atoms with Gasteiger partial charge in [-0.2, -0.15) is 5.26 Å². The number of hydrogen-bond acceptors (Lipinski definition) is 4. The summed E-state index contributed by atoms with van der Waals surface area (Å²) in [5.74, 6) is -0.795. The van der Waals surface area contributed by atoms with Crippen LogP contribution in [0.4, 0.5) is 0 Å². The molecule has 0 unspecified atom stereocenters. The predicted molar refractivity (Wildman–Crippen MR) is 94.5 cm³/mol. The monoisotopic (exact) mass is 350 g/mol. The molecule has 0 radical (unpaired) electrons.